The molecule has 2 aromatic carbocycles. The van der Waals surface area contributed by atoms with Crippen LogP contribution in [0.1, 0.15) is 17.5 Å². The van der Waals surface area contributed by atoms with Crippen molar-refractivity contribution >= 4 is 23.4 Å². The third-order valence-electron chi connectivity index (χ3n) is 4.02. The van der Waals surface area contributed by atoms with Crippen LogP contribution in [0.5, 0.6) is 0 Å². The molecule has 0 bridgehead atoms. The molecular weight excluding hydrogens is 332 g/mol. The summed E-state index contributed by atoms with van der Waals surface area (Å²) >= 11 is 1.88. The van der Waals surface area contributed by atoms with Gasteiger partial charge in [0.2, 0.25) is 5.91 Å². The van der Waals surface area contributed by atoms with E-state index in [2.05, 4.69) is 47.0 Å². The number of morpholine rings is 1. The summed E-state index contributed by atoms with van der Waals surface area (Å²) in [6.07, 6.45) is 0.437. The summed E-state index contributed by atoms with van der Waals surface area (Å²) in [6, 6.07) is 18.7. The first kappa shape index (κ1) is 18.0. The summed E-state index contributed by atoms with van der Waals surface area (Å²) in [5.41, 5.74) is 3.41. The van der Waals surface area contributed by atoms with Gasteiger partial charge in [-0.2, -0.15) is 11.8 Å². The molecule has 1 saturated heterocycles. The Bertz CT molecular complexity index is 672. The molecule has 3 rings (SSSR count). The second-order valence-electron chi connectivity index (χ2n) is 6.16. The Morgan fingerprint density at radius 3 is 2.72 bits per heavy atom. The molecule has 0 aliphatic carbocycles. The minimum Gasteiger partial charge on any atom is -0.378 e. The molecule has 0 saturated carbocycles. The molecule has 1 fully saturated rings. The van der Waals surface area contributed by atoms with Crippen molar-refractivity contribution in [1.29, 1.82) is 0 Å². The van der Waals surface area contributed by atoms with Gasteiger partial charge in [0.05, 0.1) is 13.2 Å². The van der Waals surface area contributed by atoms with Crippen molar-refractivity contribution in [3.63, 3.8) is 0 Å². The van der Waals surface area contributed by atoms with E-state index in [4.69, 9.17) is 4.74 Å². The highest BCUT2D eigenvalue weighted by Crippen LogP contribution is 2.20. The maximum Gasteiger partial charge on any atom is 0.226 e. The Labute approximate surface area is 153 Å². The number of nitrogens with one attached hydrogen (secondary N) is 2. The Morgan fingerprint density at radius 2 is 1.92 bits per heavy atom. The van der Waals surface area contributed by atoms with Crippen LogP contribution in [0.2, 0.25) is 0 Å². The molecular formula is C20H24N2O2S. The summed E-state index contributed by atoms with van der Waals surface area (Å²) < 4.78 is 5.39. The minimum absolute atomic E-state index is 0.0251. The van der Waals surface area contributed by atoms with Crippen LogP contribution in [0.15, 0.2) is 54.6 Å². The molecule has 0 spiro atoms. The van der Waals surface area contributed by atoms with Gasteiger partial charge in [-0.05, 0) is 23.3 Å². The summed E-state index contributed by atoms with van der Waals surface area (Å²) in [5, 5.41) is 6.30. The van der Waals surface area contributed by atoms with Crippen LogP contribution in [0.3, 0.4) is 0 Å². The fourth-order valence-electron chi connectivity index (χ4n) is 2.79. The Morgan fingerprint density at radius 1 is 1.12 bits per heavy atom. The minimum atomic E-state index is 0.0251. The number of ether oxygens (including phenoxy) is 1. The SMILES string of the molecule is O=C(CC1COCCN1)Nc1cccc(CSCc2ccccc2)c1. The van der Waals surface area contributed by atoms with Gasteiger partial charge in [0.25, 0.3) is 0 Å². The van der Waals surface area contributed by atoms with Gasteiger partial charge in [-0.25, -0.2) is 0 Å². The molecule has 0 aromatic heterocycles. The fraction of sp³-hybridized carbons (Fsp3) is 0.350. The van der Waals surface area contributed by atoms with E-state index in [1.807, 2.05) is 30.0 Å². The highest BCUT2D eigenvalue weighted by Gasteiger charge is 2.16. The first-order valence-electron chi connectivity index (χ1n) is 8.61. The summed E-state index contributed by atoms with van der Waals surface area (Å²) in [4.78, 5) is 12.2. The highest BCUT2D eigenvalue weighted by molar-refractivity contribution is 7.97. The van der Waals surface area contributed by atoms with E-state index in [-0.39, 0.29) is 11.9 Å². The molecule has 4 nitrogen and oxygen atoms in total. The van der Waals surface area contributed by atoms with E-state index < -0.39 is 0 Å². The van der Waals surface area contributed by atoms with E-state index in [1.165, 1.54) is 11.1 Å². The molecule has 25 heavy (non-hydrogen) atoms. The lowest BCUT2D eigenvalue weighted by Crippen LogP contribution is -2.43. The van der Waals surface area contributed by atoms with Gasteiger partial charge in [-0.3, -0.25) is 4.79 Å². The van der Waals surface area contributed by atoms with Crippen molar-refractivity contribution in [1.82, 2.24) is 5.32 Å². The molecule has 1 unspecified atom stereocenters. The molecule has 5 heteroatoms. The summed E-state index contributed by atoms with van der Waals surface area (Å²) in [6.45, 7) is 2.14. The molecule has 1 heterocycles. The van der Waals surface area contributed by atoms with Crippen LogP contribution in [-0.2, 0) is 21.0 Å². The monoisotopic (exact) mass is 356 g/mol. The Balaban J connectivity index is 1.46. The largest absolute Gasteiger partial charge is 0.378 e. The van der Waals surface area contributed by atoms with Crippen molar-refractivity contribution in [3.8, 4) is 0 Å². The lowest BCUT2D eigenvalue weighted by atomic mass is 10.1. The lowest BCUT2D eigenvalue weighted by Gasteiger charge is -2.23. The Kier molecular flexibility index (Phi) is 6.91. The van der Waals surface area contributed by atoms with Gasteiger partial charge in [0, 0.05) is 36.2 Å². The number of anilines is 1. The van der Waals surface area contributed by atoms with Crippen LogP contribution < -0.4 is 10.6 Å². The van der Waals surface area contributed by atoms with Gasteiger partial charge in [-0.15, -0.1) is 0 Å². The predicted octanol–water partition coefficient (Wildman–Crippen LogP) is 3.44. The number of thioether (sulfide) groups is 1. The topological polar surface area (TPSA) is 50.4 Å². The fourth-order valence-corrected chi connectivity index (χ4v) is 3.73. The molecule has 1 amide bonds. The van der Waals surface area contributed by atoms with E-state index in [0.29, 0.717) is 13.0 Å². The van der Waals surface area contributed by atoms with Crippen molar-refractivity contribution in [3.05, 3.63) is 65.7 Å². The van der Waals surface area contributed by atoms with E-state index in [1.54, 1.807) is 0 Å². The van der Waals surface area contributed by atoms with Crippen molar-refractivity contribution < 1.29 is 9.53 Å². The maximum absolute atomic E-state index is 12.2. The first-order valence-corrected chi connectivity index (χ1v) is 9.76. The van der Waals surface area contributed by atoms with E-state index >= 15 is 0 Å². The number of benzene rings is 2. The molecule has 2 N–H and O–H groups in total. The summed E-state index contributed by atoms with van der Waals surface area (Å²) in [5.74, 6) is 1.94. The first-order chi connectivity index (χ1) is 12.3. The van der Waals surface area contributed by atoms with Gasteiger partial charge < -0.3 is 15.4 Å². The number of carbonyl (C=O) groups is 1. The van der Waals surface area contributed by atoms with Crippen LogP contribution >= 0.6 is 11.8 Å². The standard InChI is InChI=1S/C20H24N2O2S/c23-20(12-19-13-24-10-9-21-19)22-18-8-4-7-17(11-18)15-25-14-16-5-2-1-3-6-16/h1-8,11,19,21H,9-10,12-15H2,(H,22,23). The number of hydrogen-bond donors (Lipinski definition) is 2. The molecule has 1 atom stereocenters. The van der Waals surface area contributed by atoms with Crippen LogP contribution in [0.25, 0.3) is 0 Å². The molecule has 1 aliphatic heterocycles. The van der Waals surface area contributed by atoms with E-state index in [0.717, 1.165) is 30.3 Å². The normalized spacial score (nSPS) is 17.2. The highest BCUT2D eigenvalue weighted by atomic mass is 32.2. The van der Waals surface area contributed by atoms with Crippen LogP contribution in [-0.4, -0.2) is 31.7 Å². The zero-order valence-corrected chi connectivity index (χ0v) is 15.1. The number of amides is 1. The Hall–Kier alpha value is -1.82. The van der Waals surface area contributed by atoms with Crippen molar-refractivity contribution in [2.75, 3.05) is 25.1 Å². The zero-order valence-electron chi connectivity index (χ0n) is 14.2. The number of rotatable bonds is 7. The number of carbonyl (C=O) groups excluding carboxylic acids is 1. The quantitative estimate of drug-likeness (QED) is 0.798. The average molecular weight is 356 g/mol. The van der Waals surface area contributed by atoms with Crippen molar-refractivity contribution in [2.24, 2.45) is 0 Å². The number of hydrogen-bond acceptors (Lipinski definition) is 4. The molecule has 0 radical (unpaired) electrons. The summed E-state index contributed by atoms with van der Waals surface area (Å²) in [7, 11) is 0. The molecule has 1 aliphatic rings. The second kappa shape index (κ2) is 9.61. The molecule has 132 valence electrons. The second-order valence-corrected chi connectivity index (χ2v) is 7.14. The van der Waals surface area contributed by atoms with Gasteiger partial charge in [0.1, 0.15) is 0 Å². The lowest BCUT2D eigenvalue weighted by molar-refractivity contribution is -0.117. The third-order valence-corrected chi connectivity index (χ3v) is 5.10. The van der Waals surface area contributed by atoms with Crippen LogP contribution in [0, 0.1) is 0 Å². The van der Waals surface area contributed by atoms with Gasteiger partial charge in [-0.1, -0.05) is 42.5 Å². The van der Waals surface area contributed by atoms with Crippen molar-refractivity contribution in [2.45, 2.75) is 24.0 Å². The molecule has 2 aromatic rings. The van der Waals surface area contributed by atoms with Gasteiger partial charge in [0.15, 0.2) is 0 Å². The third kappa shape index (κ3) is 6.20. The smallest absolute Gasteiger partial charge is 0.226 e. The predicted molar refractivity (Wildman–Crippen MR) is 104 cm³/mol. The van der Waals surface area contributed by atoms with Crippen LogP contribution in [0.4, 0.5) is 5.69 Å². The zero-order chi connectivity index (χ0) is 17.3. The average Bonchev–Trinajstić information content (AvgIpc) is 2.64. The van der Waals surface area contributed by atoms with E-state index in [9.17, 15) is 4.79 Å². The maximum atomic E-state index is 12.2. The van der Waals surface area contributed by atoms with Gasteiger partial charge >= 0.3 is 0 Å².